The number of hydrogen-bond acceptors (Lipinski definition) is 5. The lowest BCUT2D eigenvalue weighted by molar-refractivity contribution is -0.140. The van der Waals surface area contributed by atoms with Crippen molar-refractivity contribution in [2.75, 3.05) is 5.75 Å². The number of carbonyl (C=O) groups is 2. The third-order valence-corrected chi connectivity index (χ3v) is 5.83. The van der Waals surface area contributed by atoms with Crippen molar-refractivity contribution >= 4 is 23.6 Å². The third kappa shape index (κ3) is 3.42. The van der Waals surface area contributed by atoms with E-state index in [1.807, 2.05) is 18.2 Å². The van der Waals surface area contributed by atoms with Gasteiger partial charge in [0.25, 0.3) is 0 Å². The molecule has 0 radical (unpaired) electrons. The van der Waals surface area contributed by atoms with E-state index < -0.39 is 6.04 Å². The summed E-state index contributed by atoms with van der Waals surface area (Å²) < 4.78 is 5.17. The summed E-state index contributed by atoms with van der Waals surface area (Å²) in [4.78, 5) is 31.3. The molecule has 1 saturated carbocycles. The largest absolute Gasteiger partial charge is 0.472 e. The molecular formula is C18H19N3O3S. The normalized spacial score (nSPS) is 22.8. The van der Waals surface area contributed by atoms with Crippen LogP contribution in [0.5, 0.6) is 0 Å². The highest BCUT2D eigenvalue weighted by molar-refractivity contribution is 7.99. The summed E-state index contributed by atoms with van der Waals surface area (Å²) in [6.45, 7) is 0.412. The molecule has 1 N–H and O–H groups in total. The zero-order valence-corrected chi connectivity index (χ0v) is 14.4. The SMILES string of the molecule is O=C(NCc1cccnc1)[C@@H]1CS[C@H](c2ccoc2)N1C(=O)C1CC1. The first-order chi connectivity index (χ1) is 12.2. The van der Waals surface area contributed by atoms with Crippen LogP contribution in [-0.4, -0.2) is 33.5 Å². The van der Waals surface area contributed by atoms with Crippen LogP contribution in [0.4, 0.5) is 0 Å². The third-order valence-electron chi connectivity index (χ3n) is 4.50. The number of nitrogens with one attached hydrogen (secondary N) is 1. The molecule has 2 atom stereocenters. The highest BCUT2D eigenvalue weighted by Crippen LogP contribution is 2.45. The molecule has 0 aromatic carbocycles. The van der Waals surface area contributed by atoms with E-state index in [-0.39, 0.29) is 23.1 Å². The average molecular weight is 357 g/mol. The van der Waals surface area contributed by atoms with Crippen molar-refractivity contribution in [3.63, 3.8) is 0 Å². The summed E-state index contributed by atoms with van der Waals surface area (Å²) >= 11 is 1.61. The minimum absolute atomic E-state index is 0.0710. The van der Waals surface area contributed by atoms with Crippen molar-refractivity contribution < 1.29 is 14.0 Å². The molecule has 0 unspecified atom stereocenters. The molecule has 130 valence electrons. The molecule has 0 bridgehead atoms. The minimum atomic E-state index is -0.449. The smallest absolute Gasteiger partial charge is 0.243 e. The number of thioether (sulfide) groups is 1. The van der Waals surface area contributed by atoms with Crippen molar-refractivity contribution in [1.82, 2.24) is 15.2 Å². The number of furan rings is 1. The Hall–Kier alpha value is -2.28. The first-order valence-corrected chi connectivity index (χ1v) is 9.41. The van der Waals surface area contributed by atoms with Gasteiger partial charge in [0.1, 0.15) is 11.4 Å². The molecular weight excluding hydrogens is 338 g/mol. The van der Waals surface area contributed by atoms with Gasteiger partial charge in [-0.2, -0.15) is 0 Å². The molecule has 1 aliphatic carbocycles. The van der Waals surface area contributed by atoms with E-state index in [4.69, 9.17) is 4.42 Å². The van der Waals surface area contributed by atoms with Crippen molar-refractivity contribution in [3.8, 4) is 0 Å². The van der Waals surface area contributed by atoms with Gasteiger partial charge in [0, 0.05) is 36.2 Å². The maximum Gasteiger partial charge on any atom is 0.243 e. The van der Waals surface area contributed by atoms with Crippen molar-refractivity contribution in [2.24, 2.45) is 5.92 Å². The lowest BCUT2D eigenvalue weighted by Crippen LogP contribution is -2.48. The fraction of sp³-hybridized carbons (Fsp3) is 0.389. The van der Waals surface area contributed by atoms with Gasteiger partial charge in [0.2, 0.25) is 11.8 Å². The number of carbonyl (C=O) groups excluding carboxylic acids is 2. The second-order valence-electron chi connectivity index (χ2n) is 6.36. The van der Waals surface area contributed by atoms with Gasteiger partial charge in [-0.05, 0) is 30.5 Å². The average Bonchev–Trinajstić information content (AvgIpc) is 3.17. The minimum Gasteiger partial charge on any atom is -0.472 e. The molecule has 2 fully saturated rings. The molecule has 2 aromatic heterocycles. The van der Waals surface area contributed by atoms with Crippen molar-refractivity contribution in [2.45, 2.75) is 30.8 Å². The van der Waals surface area contributed by atoms with Crippen molar-refractivity contribution in [1.29, 1.82) is 0 Å². The van der Waals surface area contributed by atoms with E-state index in [0.717, 1.165) is 24.0 Å². The number of aromatic nitrogens is 1. The quantitative estimate of drug-likeness (QED) is 0.889. The van der Waals surface area contributed by atoms with Crippen molar-refractivity contribution in [3.05, 3.63) is 54.2 Å². The molecule has 25 heavy (non-hydrogen) atoms. The lowest BCUT2D eigenvalue weighted by Gasteiger charge is -2.28. The van der Waals surface area contributed by atoms with Crippen LogP contribution in [0.1, 0.15) is 29.3 Å². The molecule has 2 aliphatic rings. The van der Waals surface area contributed by atoms with E-state index in [1.165, 1.54) is 0 Å². The van der Waals surface area contributed by atoms with Gasteiger partial charge in [0.05, 0.1) is 12.5 Å². The fourth-order valence-corrected chi connectivity index (χ4v) is 4.42. The number of rotatable bonds is 5. The Kier molecular flexibility index (Phi) is 4.48. The first kappa shape index (κ1) is 16.2. The number of hydrogen-bond donors (Lipinski definition) is 1. The lowest BCUT2D eigenvalue weighted by atomic mass is 10.2. The summed E-state index contributed by atoms with van der Waals surface area (Å²) in [6, 6.07) is 5.17. The van der Waals surface area contributed by atoms with Gasteiger partial charge in [-0.15, -0.1) is 11.8 Å². The maximum atomic E-state index is 12.8. The van der Waals surface area contributed by atoms with Gasteiger partial charge in [-0.1, -0.05) is 6.07 Å². The van der Waals surface area contributed by atoms with Gasteiger partial charge in [-0.3, -0.25) is 14.6 Å². The molecule has 1 saturated heterocycles. The van der Waals surface area contributed by atoms with Crippen LogP contribution in [0, 0.1) is 5.92 Å². The Bertz CT molecular complexity index is 746. The monoisotopic (exact) mass is 357 g/mol. The Morgan fingerprint density at radius 1 is 1.36 bits per heavy atom. The number of pyridine rings is 1. The summed E-state index contributed by atoms with van der Waals surface area (Å²) in [5.74, 6) is 0.628. The molecule has 6 nitrogen and oxygen atoms in total. The van der Waals surface area contributed by atoms with Crippen LogP contribution in [0.2, 0.25) is 0 Å². The fourth-order valence-electron chi connectivity index (χ4n) is 3.00. The predicted octanol–water partition coefficient (Wildman–Crippen LogP) is 2.34. The Balaban J connectivity index is 1.49. The van der Waals surface area contributed by atoms with E-state index >= 15 is 0 Å². The van der Waals surface area contributed by atoms with Gasteiger partial charge >= 0.3 is 0 Å². The van der Waals surface area contributed by atoms with Crippen LogP contribution in [-0.2, 0) is 16.1 Å². The van der Waals surface area contributed by atoms with Crippen LogP contribution in [0.25, 0.3) is 0 Å². The molecule has 0 spiro atoms. The molecule has 7 heteroatoms. The zero-order chi connectivity index (χ0) is 17.2. The van der Waals surface area contributed by atoms with Gasteiger partial charge < -0.3 is 14.6 Å². The summed E-state index contributed by atoms with van der Waals surface area (Å²) in [7, 11) is 0. The molecule has 1 aliphatic heterocycles. The van der Waals surface area contributed by atoms with Crippen LogP contribution >= 0.6 is 11.8 Å². The summed E-state index contributed by atoms with van der Waals surface area (Å²) in [5.41, 5.74) is 1.87. The Morgan fingerprint density at radius 3 is 2.92 bits per heavy atom. The molecule has 3 heterocycles. The van der Waals surface area contributed by atoms with E-state index in [2.05, 4.69) is 10.3 Å². The number of nitrogens with zero attached hydrogens (tertiary/aromatic N) is 2. The molecule has 4 rings (SSSR count). The van der Waals surface area contributed by atoms with Crippen LogP contribution in [0.15, 0.2) is 47.5 Å². The summed E-state index contributed by atoms with van der Waals surface area (Å²) in [5, 5.41) is 2.79. The van der Waals surface area contributed by atoms with Gasteiger partial charge in [0.15, 0.2) is 0 Å². The standard InChI is InChI=1S/C18H19N3O3S/c22-16(20-9-12-2-1-6-19-8-12)15-11-25-18(14-5-7-24-10-14)21(15)17(23)13-3-4-13/h1-2,5-8,10,13,15,18H,3-4,9,11H2,(H,20,22)/t15-,18+/m0/s1. The second-order valence-corrected chi connectivity index (χ2v) is 7.47. The van der Waals surface area contributed by atoms with Gasteiger partial charge in [-0.25, -0.2) is 0 Å². The number of amides is 2. The Labute approximate surface area is 150 Å². The van der Waals surface area contributed by atoms with Crippen LogP contribution in [0.3, 0.4) is 0 Å². The Morgan fingerprint density at radius 2 is 2.24 bits per heavy atom. The molecule has 2 aromatic rings. The van der Waals surface area contributed by atoms with E-state index in [9.17, 15) is 9.59 Å². The van der Waals surface area contributed by atoms with Crippen LogP contribution < -0.4 is 5.32 Å². The second kappa shape index (κ2) is 6.92. The first-order valence-electron chi connectivity index (χ1n) is 8.36. The highest BCUT2D eigenvalue weighted by atomic mass is 32.2. The summed E-state index contributed by atoms with van der Waals surface area (Å²) in [6.07, 6.45) is 8.52. The highest BCUT2D eigenvalue weighted by Gasteiger charge is 2.46. The predicted molar refractivity (Wildman–Crippen MR) is 93.3 cm³/mol. The van der Waals surface area contributed by atoms with E-state index in [1.54, 1.807) is 41.6 Å². The maximum absolute atomic E-state index is 12.8. The zero-order valence-electron chi connectivity index (χ0n) is 13.6. The molecule has 2 amide bonds. The van der Waals surface area contributed by atoms with E-state index in [0.29, 0.717) is 12.3 Å². The topological polar surface area (TPSA) is 75.4 Å².